The first-order chi connectivity index (χ1) is 6.59. The molecule has 14 heavy (non-hydrogen) atoms. The van der Waals surface area contributed by atoms with Gasteiger partial charge < -0.3 is 5.21 Å². The monoisotopic (exact) mass is 191 g/mol. The van der Waals surface area contributed by atoms with Gasteiger partial charge >= 0.3 is 5.56 Å². The zero-order chi connectivity index (χ0) is 10.3. The molecule has 0 atom stereocenters. The Labute approximate surface area is 79.6 Å². The van der Waals surface area contributed by atoms with Gasteiger partial charge in [-0.25, -0.2) is 0 Å². The second-order valence-corrected chi connectivity index (χ2v) is 3.24. The van der Waals surface area contributed by atoms with Gasteiger partial charge in [0.25, 0.3) is 0 Å². The number of aromatic nitrogens is 3. The standard InChI is InChI=1S/C9H9N3O2/c1-5-3-7-8(4-6(5)2)10-11-12(14)9(7)13/h3-4,14H,1-2H3. The molecule has 5 nitrogen and oxygen atoms in total. The number of rotatable bonds is 0. The molecule has 0 radical (unpaired) electrons. The van der Waals surface area contributed by atoms with Crippen molar-refractivity contribution in [1.82, 2.24) is 15.2 Å². The number of hydrogen-bond acceptors (Lipinski definition) is 4. The van der Waals surface area contributed by atoms with Crippen LogP contribution in [0.1, 0.15) is 11.1 Å². The van der Waals surface area contributed by atoms with E-state index >= 15 is 0 Å². The fourth-order valence-electron chi connectivity index (χ4n) is 1.29. The Morgan fingerprint density at radius 2 is 1.93 bits per heavy atom. The number of aryl methyl sites for hydroxylation is 2. The molecule has 1 aromatic heterocycles. The second-order valence-electron chi connectivity index (χ2n) is 3.24. The van der Waals surface area contributed by atoms with Crippen LogP contribution in [0.25, 0.3) is 10.9 Å². The zero-order valence-electron chi connectivity index (χ0n) is 7.85. The van der Waals surface area contributed by atoms with Crippen molar-refractivity contribution in [2.45, 2.75) is 13.8 Å². The average molecular weight is 191 g/mol. The number of fused-ring (bicyclic) bond motifs is 1. The Hall–Kier alpha value is -1.91. The van der Waals surface area contributed by atoms with Gasteiger partial charge in [0, 0.05) is 0 Å². The lowest BCUT2D eigenvalue weighted by molar-refractivity contribution is 0.127. The molecule has 0 aliphatic carbocycles. The summed E-state index contributed by atoms with van der Waals surface area (Å²) in [6.07, 6.45) is 0. The summed E-state index contributed by atoms with van der Waals surface area (Å²) in [4.78, 5) is 11.6. The minimum absolute atomic E-state index is 0.247. The molecule has 0 fully saturated rings. The lowest BCUT2D eigenvalue weighted by Crippen LogP contribution is -2.21. The van der Waals surface area contributed by atoms with Crippen molar-refractivity contribution in [3.63, 3.8) is 0 Å². The van der Waals surface area contributed by atoms with Crippen LogP contribution in [0.5, 0.6) is 0 Å². The highest BCUT2D eigenvalue weighted by Gasteiger charge is 2.05. The van der Waals surface area contributed by atoms with Crippen molar-refractivity contribution >= 4 is 10.9 Å². The quantitative estimate of drug-likeness (QED) is 0.620. The molecule has 0 saturated heterocycles. The van der Waals surface area contributed by atoms with Crippen molar-refractivity contribution in [1.29, 1.82) is 0 Å². The van der Waals surface area contributed by atoms with Crippen LogP contribution in [-0.4, -0.2) is 20.4 Å². The molecule has 0 bridgehead atoms. The van der Waals surface area contributed by atoms with Crippen molar-refractivity contribution in [3.8, 4) is 0 Å². The van der Waals surface area contributed by atoms with E-state index in [-0.39, 0.29) is 4.85 Å². The van der Waals surface area contributed by atoms with Gasteiger partial charge in [0.15, 0.2) is 0 Å². The lowest BCUT2D eigenvalue weighted by Gasteiger charge is -2.01. The van der Waals surface area contributed by atoms with Crippen LogP contribution >= 0.6 is 0 Å². The Kier molecular flexibility index (Phi) is 1.73. The first kappa shape index (κ1) is 8.68. The van der Waals surface area contributed by atoms with Crippen LogP contribution in [0, 0.1) is 13.8 Å². The molecule has 2 aromatic rings. The smallest absolute Gasteiger partial charge is 0.314 e. The molecule has 1 aromatic carbocycles. The lowest BCUT2D eigenvalue weighted by atomic mass is 10.1. The summed E-state index contributed by atoms with van der Waals surface area (Å²) >= 11 is 0. The summed E-state index contributed by atoms with van der Waals surface area (Å²) in [7, 11) is 0. The van der Waals surface area contributed by atoms with E-state index in [4.69, 9.17) is 5.21 Å². The second kappa shape index (κ2) is 2.80. The molecule has 0 aliphatic rings. The zero-order valence-corrected chi connectivity index (χ0v) is 7.85. The summed E-state index contributed by atoms with van der Waals surface area (Å²) in [5.41, 5.74) is 1.99. The Balaban J connectivity index is 2.97. The minimum atomic E-state index is -0.543. The Morgan fingerprint density at radius 3 is 2.64 bits per heavy atom. The first-order valence-electron chi connectivity index (χ1n) is 4.16. The normalized spacial score (nSPS) is 10.7. The predicted octanol–water partition coefficient (Wildman–Crippen LogP) is 0.646. The maximum atomic E-state index is 11.4. The van der Waals surface area contributed by atoms with E-state index in [1.165, 1.54) is 0 Å². The summed E-state index contributed by atoms with van der Waals surface area (Å²) < 4.78 is 0. The molecule has 0 spiro atoms. The van der Waals surface area contributed by atoms with E-state index in [1.807, 2.05) is 13.8 Å². The maximum Gasteiger partial charge on any atom is 0.314 e. The maximum absolute atomic E-state index is 11.4. The van der Waals surface area contributed by atoms with E-state index in [1.54, 1.807) is 12.1 Å². The van der Waals surface area contributed by atoms with Crippen LogP contribution in [0.15, 0.2) is 16.9 Å². The van der Waals surface area contributed by atoms with Gasteiger partial charge in [-0.15, -0.1) is 5.10 Å². The molecule has 2 rings (SSSR count). The number of hydrogen-bond donors (Lipinski definition) is 1. The van der Waals surface area contributed by atoms with Crippen LogP contribution in [0.3, 0.4) is 0 Å². The van der Waals surface area contributed by atoms with Crippen LogP contribution in [0.4, 0.5) is 0 Å². The fourth-order valence-corrected chi connectivity index (χ4v) is 1.29. The van der Waals surface area contributed by atoms with E-state index in [0.29, 0.717) is 10.9 Å². The van der Waals surface area contributed by atoms with Crippen molar-refractivity contribution < 1.29 is 5.21 Å². The molecule has 72 valence electrons. The minimum Gasteiger partial charge on any atom is -0.407 e. The SMILES string of the molecule is Cc1cc2nnn(O)c(=O)c2cc1C. The van der Waals surface area contributed by atoms with Crippen LogP contribution < -0.4 is 5.56 Å². The van der Waals surface area contributed by atoms with E-state index in [2.05, 4.69) is 10.3 Å². The summed E-state index contributed by atoms with van der Waals surface area (Å²) in [5.74, 6) is 0. The highest BCUT2D eigenvalue weighted by Crippen LogP contribution is 2.13. The van der Waals surface area contributed by atoms with E-state index < -0.39 is 5.56 Å². The molecule has 1 heterocycles. The van der Waals surface area contributed by atoms with Crippen LogP contribution in [-0.2, 0) is 0 Å². The molecule has 5 heteroatoms. The van der Waals surface area contributed by atoms with E-state index in [9.17, 15) is 4.79 Å². The Bertz CT molecular complexity index is 560. The largest absolute Gasteiger partial charge is 0.407 e. The molecule has 0 aliphatic heterocycles. The molecule has 0 unspecified atom stereocenters. The van der Waals surface area contributed by atoms with Crippen molar-refractivity contribution in [2.24, 2.45) is 0 Å². The predicted molar refractivity (Wildman–Crippen MR) is 50.5 cm³/mol. The fraction of sp³-hybridized carbons (Fsp3) is 0.222. The summed E-state index contributed by atoms with van der Waals surface area (Å²) in [5, 5.41) is 16.4. The van der Waals surface area contributed by atoms with Gasteiger partial charge in [-0.2, -0.15) is 0 Å². The van der Waals surface area contributed by atoms with Gasteiger partial charge in [0.2, 0.25) is 0 Å². The molecule has 0 amide bonds. The summed E-state index contributed by atoms with van der Waals surface area (Å²) in [6.45, 7) is 3.83. The third-order valence-electron chi connectivity index (χ3n) is 2.26. The topological polar surface area (TPSA) is 68.0 Å². The van der Waals surface area contributed by atoms with Crippen molar-refractivity contribution in [2.75, 3.05) is 0 Å². The third kappa shape index (κ3) is 1.14. The molecular formula is C9H9N3O2. The van der Waals surface area contributed by atoms with Gasteiger partial charge in [-0.3, -0.25) is 4.79 Å². The number of benzene rings is 1. The number of nitrogens with zero attached hydrogens (tertiary/aromatic N) is 3. The van der Waals surface area contributed by atoms with Crippen molar-refractivity contribution in [3.05, 3.63) is 33.6 Å². The third-order valence-corrected chi connectivity index (χ3v) is 2.26. The molecule has 0 saturated carbocycles. The molecular weight excluding hydrogens is 182 g/mol. The molecule has 1 N–H and O–H groups in total. The summed E-state index contributed by atoms with van der Waals surface area (Å²) in [6, 6.07) is 3.48. The van der Waals surface area contributed by atoms with Gasteiger partial charge in [0.1, 0.15) is 5.52 Å². The van der Waals surface area contributed by atoms with E-state index in [0.717, 1.165) is 11.1 Å². The Morgan fingerprint density at radius 1 is 1.29 bits per heavy atom. The van der Waals surface area contributed by atoms with Crippen LogP contribution in [0.2, 0.25) is 0 Å². The average Bonchev–Trinajstić information content (AvgIpc) is 2.15. The first-order valence-corrected chi connectivity index (χ1v) is 4.16. The highest BCUT2D eigenvalue weighted by molar-refractivity contribution is 5.78. The van der Waals surface area contributed by atoms with Gasteiger partial charge in [-0.1, -0.05) is 0 Å². The van der Waals surface area contributed by atoms with Gasteiger partial charge in [0.05, 0.1) is 5.39 Å². The highest BCUT2D eigenvalue weighted by atomic mass is 16.5. The van der Waals surface area contributed by atoms with Gasteiger partial charge in [-0.05, 0) is 47.2 Å².